The topological polar surface area (TPSA) is 0 Å². The van der Waals surface area contributed by atoms with Crippen molar-refractivity contribution in [3.05, 3.63) is 53.6 Å². The summed E-state index contributed by atoms with van der Waals surface area (Å²) in [6, 6.07) is 8.02. The molecule has 0 N–H and O–H groups in total. The van der Waals surface area contributed by atoms with Gasteiger partial charge in [-0.25, -0.2) is 0 Å². The van der Waals surface area contributed by atoms with Crippen molar-refractivity contribution in [3.8, 4) is 0 Å². The second-order valence-corrected chi connectivity index (χ2v) is 4.25. The molecule has 0 fully saturated rings. The Labute approximate surface area is 98.1 Å². The first-order valence-electron chi connectivity index (χ1n) is 5.27. The predicted octanol–water partition coefficient (Wildman–Crippen LogP) is 4.57. The Morgan fingerprint density at radius 2 is 1.87 bits per heavy atom. The smallest absolute Gasteiger partial charge is 0.00692 e. The van der Waals surface area contributed by atoms with Gasteiger partial charge in [-0.15, -0.1) is 12.6 Å². The third kappa shape index (κ3) is 4.89. The average Bonchev–Trinajstić information content (AvgIpc) is 2.25. The number of thiol groups is 1. The number of aryl methyl sites for hydroxylation is 1. The molecule has 0 unspecified atom stereocenters. The Morgan fingerprint density at radius 1 is 1.13 bits per heavy atom. The third-order valence-corrected chi connectivity index (χ3v) is 2.84. The van der Waals surface area contributed by atoms with Crippen LogP contribution < -0.4 is 0 Å². The monoisotopic (exact) mass is 218 g/mol. The van der Waals surface area contributed by atoms with Gasteiger partial charge in [0.05, 0.1) is 0 Å². The van der Waals surface area contributed by atoms with Crippen molar-refractivity contribution in [1.82, 2.24) is 0 Å². The SMILES string of the molecule is CC1=CC=CCC1.Cc1ccccc1S. The summed E-state index contributed by atoms with van der Waals surface area (Å²) in [5.41, 5.74) is 2.73. The molecule has 1 aromatic rings. The van der Waals surface area contributed by atoms with Crippen LogP contribution in [0.1, 0.15) is 25.3 Å². The molecule has 0 saturated carbocycles. The second kappa shape index (κ2) is 6.52. The molecule has 0 saturated heterocycles. The summed E-state index contributed by atoms with van der Waals surface area (Å²) < 4.78 is 0. The van der Waals surface area contributed by atoms with E-state index < -0.39 is 0 Å². The van der Waals surface area contributed by atoms with Gasteiger partial charge < -0.3 is 0 Å². The standard InChI is InChI=1S/C7H8S.C7H10/c1-6-4-2-3-5-7(6)8;1-7-5-3-2-4-6-7/h2-5,8H,1H3;2-3,5H,4,6H2,1H3. The molecular formula is C14H18S. The molecule has 1 aliphatic rings. The molecule has 2 rings (SSSR count). The Kier molecular flexibility index (Phi) is 5.27. The fourth-order valence-corrected chi connectivity index (χ4v) is 1.45. The van der Waals surface area contributed by atoms with Gasteiger partial charge in [0.15, 0.2) is 0 Å². The Hall–Kier alpha value is -0.950. The summed E-state index contributed by atoms with van der Waals surface area (Å²) in [7, 11) is 0. The van der Waals surface area contributed by atoms with E-state index in [-0.39, 0.29) is 0 Å². The van der Waals surface area contributed by atoms with Crippen molar-refractivity contribution in [2.75, 3.05) is 0 Å². The zero-order chi connectivity index (χ0) is 11.1. The number of benzene rings is 1. The molecule has 80 valence electrons. The van der Waals surface area contributed by atoms with Gasteiger partial charge in [-0.05, 0) is 38.3 Å². The van der Waals surface area contributed by atoms with Crippen molar-refractivity contribution in [1.29, 1.82) is 0 Å². The highest BCUT2D eigenvalue weighted by atomic mass is 32.1. The number of hydrogen-bond donors (Lipinski definition) is 1. The molecule has 0 aromatic heterocycles. The van der Waals surface area contributed by atoms with Crippen LogP contribution in [0, 0.1) is 6.92 Å². The zero-order valence-electron chi connectivity index (χ0n) is 9.40. The van der Waals surface area contributed by atoms with Gasteiger partial charge in [-0.2, -0.15) is 0 Å². The van der Waals surface area contributed by atoms with E-state index in [1.54, 1.807) is 0 Å². The largest absolute Gasteiger partial charge is 0.143 e. The summed E-state index contributed by atoms with van der Waals surface area (Å²) in [4.78, 5) is 1.06. The molecule has 0 radical (unpaired) electrons. The molecule has 15 heavy (non-hydrogen) atoms. The lowest BCUT2D eigenvalue weighted by molar-refractivity contribution is 0.962. The Bertz CT molecular complexity index is 340. The summed E-state index contributed by atoms with van der Waals surface area (Å²) >= 11 is 4.20. The summed E-state index contributed by atoms with van der Waals surface area (Å²) in [5, 5.41) is 0. The molecule has 0 heterocycles. The van der Waals surface area contributed by atoms with Crippen molar-refractivity contribution in [2.24, 2.45) is 0 Å². The quantitative estimate of drug-likeness (QED) is 0.606. The highest BCUT2D eigenvalue weighted by molar-refractivity contribution is 7.80. The van der Waals surface area contributed by atoms with Crippen molar-refractivity contribution >= 4 is 12.6 Å². The molecule has 1 heteroatoms. The molecule has 0 amide bonds. The first-order chi connectivity index (χ1) is 7.20. The van der Waals surface area contributed by atoms with Gasteiger partial charge in [0.25, 0.3) is 0 Å². The number of hydrogen-bond acceptors (Lipinski definition) is 1. The predicted molar refractivity (Wildman–Crippen MR) is 70.6 cm³/mol. The van der Waals surface area contributed by atoms with Crippen molar-refractivity contribution in [3.63, 3.8) is 0 Å². The van der Waals surface area contributed by atoms with Crippen LogP contribution in [0.3, 0.4) is 0 Å². The van der Waals surface area contributed by atoms with E-state index in [1.165, 1.54) is 24.0 Å². The molecule has 1 aliphatic carbocycles. The van der Waals surface area contributed by atoms with E-state index in [2.05, 4.69) is 37.8 Å². The van der Waals surface area contributed by atoms with Gasteiger partial charge >= 0.3 is 0 Å². The van der Waals surface area contributed by atoms with Crippen LogP contribution in [0.25, 0.3) is 0 Å². The van der Waals surface area contributed by atoms with E-state index in [9.17, 15) is 0 Å². The lowest BCUT2D eigenvalue weighted by Gasteiger charge is -1.98. The zero-order valence-corrected chi connectivity index (χ0v) is 10.3. The normalized spacial score (nSPS) is 13.9. The first-order valence-corrected chi connectivity index (χ1v) is 5.72. The molecule has 0 atom stereocenters. The fourth-order valence-electron chi connectivity index (χ4n) is 1.29. The van der Waals surface area contributed by atoms with E-state index in [0.29, 0.717) is 0 Å². The highest BCUT2D eigenvalue weighted by Crippen LogP contribution is 2.10. The van der Waals surface area contributed by atoms with Crippen LogP contribution in [-0.2, 0) is 0 Å². The molecule has 0 nitrogen and oxygen atoms in total. The lowest BCUT2D eigenvalue weighted by atomic mass is 10.1. The van der Waals surface area contributed by atoms with Crippen LogP contribution in [0.15, 0.2) is 53.0 Å². The van der Waals surface area contributed by atoms with E-state index in [1.807, 2.05) is 31.2 Å². The van der Waals surface area contributed by atoms with Gasteiger partial charge in [0.1, 0.15) is 0 Å². The first kappa shape index (κ1) is 12.1. The maximum atomic E-state index is 4.20. The van der Waals surface area contributed by atoms with Crippen LogP contribution in [0.5, 0.6) is 0 Å². The van der Waals surface area contributed by atoms with Crippen molar-refractivity contribution < 1.29 is 0 Å². The summed E-state index contributed by atoms with van der Waals surface area (Å²) in [6.45, 7) is 4.21. The molecule has 0 spiro atoms. The number of rotatable bonds is 0. The van der Waals surface area contributed by atoms with Gasteiger partial charge in [-0.1, -0.05) is 42.0 Å². The second-order valence-electron chi connectivity index (χ2n) is 3.77. The average molecular weight is 218 g/mol. The maximum absolute atomic E-state index is 4.20. The Morgan fingerprint density at radius 3 is 2.20 bits per heavy atom. The highest BCUT2D eigenvalue weighted by Gasteiger charge is 1.88. The van der Waals surface area contributed by atoms with E-state index >= 15 is 0 Å². The van der Waals surface area contributed by atoms with Crippen LogP contribution in [-0.4, -0.2) is 0 Å². The van der Waals surface area contributed by atoms with Gasteiger partial charge in [0, 0.05) is 4.90 Å². The number of allylic oxidation sites excluding steroid dienone is 4. The van der Waals surface area contributed by atoms with Crippen LogP contribution in [0.2, 0.25) is 0 Å². The molecule has 0 bridgehead atoms. The molecule has 1 aromatic carbocycles. The van der Waals surface area contributed by atoms with E-state index in [0.717, 1.165) is 4.90 Å². The summed E-state index contributed by atoms with van der Waals surface area (Å²) in [6.07, 6.45) is 8.99. The molecule has 0 aliphatic heterocycles. The minimum Gasteiger partial charge on any atom is -0.143 e. The maximum Gasteiger partial charge on any atom is 0.00692 e. The van der Waals surface area contributed by atoms with Crippen molar-refractivity contribution in [2.45, 2.75) is 31.6 Å². The third-order valence-electron chi connectivity index (χ3n) is 2.34. The minimum absolute atomic E-state index is 1.06. The minimum atomic E-state index is 1.06. The summed E-state index contributed by atoms with van der Waals surface area (Å²) in [5.74, 6) is 0. The Balaban J connectivity index is 0.000000151. The van der Waals surface area contributed by atoms with E-state index in [4.69, 9.17) is 0 Å². The molecular weight excluding hydrogens is 200 g/mol. The van der Waals surface area contributed by atoms with Gasteiger partial charge in [-0.3, -0.25) is 0 Å². The van der Waals surface area contributed by atoms with Crippen LogP contribution in [0.4, 0.5) is 0 Å². The lowest BCUT2D eigenvalue weighted by Crippen LogP contribution is -1.78. The van der Waals surface area contributed by atoms with Crippen LogP contribution >= 0.6 is 12.6 Å². The van der Waals surface area contributed by atoms with Gasteiger partial charge in [0.2, 0.25) is 0 Å². The fraction of sp³-hybridized carbons (Fsp3) is 0.286.